The molecule has 0 bridgehead atoms. The fourth-order valence-corrected chi connectivity index (χ4v) is 3.56. The van der Waals surface area contributed by atoms with Crippen molar-refractivity contribution in [1.29, 1.82) is 5.26 Å². The number of nitrogens with two attached hydrogens (primary N) is 1. The zero-order valence-corrected chi connectivity index (χ0v) is 15.8. The third-order valence-electron chi connectivity index (χ3n) is 3.70. The summed E-state index contributed by atoms with van der Waals surface area (Å²) in [7, 11) is -2.73. The number of primary amides is 1. The predicted octanol–water partition coefficient (Wildman–Crippen LogP) is 2.47. The summed E-state index contributed by atoms with van der Waals surface area (Å²) < 4.78 is 35.7. The van der Waals surface area contributed by atoms with E-state index in [-0.39, 0.29) is 22.0 Å². The lowest BCUT2D eigenvalue weighted by Gasteiger charge is -2.13. The minimum atomic E-state index is -4.07. The Morgan fingerprint density at radius 3 is 2.44 bits per heavy atom. The van der Waals surface area contributed by atoms with Gasteiger partial charge in [-0.25, -0.2) is 0 Å². The summed E-state index contributed by atoms with van der Waals surface area (Å²) in [6, 6.07) is 11.0. The molecule has 0 aliphatic carbocycles. The molecule has 2 rings (SSSR count). The van der Waals surface area contributed by atoms with E-state index in [0.717, 1.165) is 5.56 Å². The lowest BCUT2D eigenvalue weighted by atomic mass is 10.1. The number of nitriles is 1. The summed E-state index contributed by atoms with van der Waals surface area (Å²) >= 11 is 0. The van der Waals surface area contributed by atoms with E-state index in [2.05, 4.69) is 0 Å². The van der Waals surface area contributed by atoms with Crippen molar-refractivity contribution in [2.24, 2.45) is 5.73 Å². The Morgan fingerprint density at radius 2 is 1.85 bits per heavy atom. The van der Waals surface area contributed by atoms with Crippen LogP contribution in [0.5, 0.6) is 11.5 Å². The van der Waals surface area contributed by atoms with Crippen LogP contribution in [0.3, 0.4) is 0 Å². The summed E-state index contributed by atoms with van der Waals surface area (Å²) in [5, 5.41) is 8.91. The topological polar surface area (TPSA) is 119 Å². The predicted molar refractivity (Wildman–Crippen MR) is 99.5 cm³/mol. The zero-order chi connectivity index (χ0) is 20.2. The molecule has 0 atom stereocenters. The normalized spacial score (nSPS) is 11.6. The molecule has 2 N–H and O–H groups in total. The number of hydrogen-bond donors (Lipinski definition) is 1. The second-order valence-corrected chi connectivity index (χ2v) is 7.27. The highest BCUT2D eigenvalue weighted by molar-refractivity contribution is 7.87. The molecule has 0 aliphatic rings. The molecule has 8 heteroatoms. The van der Waals surface area contributed by atoms with E-state index < -0.39 is 16.0 Å². The van der Waals surface area contributed by atoms with Gasteiger partial charge in [-0.05, 0) is 54.8 Å². The molecule has 0 saturated heterocycles. The van der Waals surface area contributed by atoms with Gasteiger partial charge in [-0.2, -0.15) is 13.7 Å². The van der Waals surface area contributed by atoms with Gasteiger partial charge in [-0.3, -0.25) is 4.79 Å². The Labute approximate surface area is 157 Å². The zero-order valence-electron chi connectivity index (χ0n) is 15.0. The van der Waals surface area contributed by atoms with Crippen molar-refractivity contribution in [3.63, 3.8) is 0 Å². The van der Waals surface area contributed by atoms with Gasteiger partial charge in [0, 0.05) is 0 Å². The van der Waals surface area contributed by atoms with Gasteiger partial charge < -0.3 is 14.7 Å². The van der Waals surface area contributed by atoms with Crippen LogP contribution in [0.25, 0.3) is 6.08 Å². The fourth-order valence-electron chi connectivity index (χ4n) is 2.31. The van der Waals surface area contributed by atoms with E-state index in [0.29, 0.717) is 11.1 Å². The van der Waals surface area contributed by atoms with Crippen molar-refractivity contribution in [2.75, 3.05) is 7.11 Å². The van der Waals surface area contributed by atoms with Crippen molar-refractivity contribution < 1.29 is 22.1 Å². The van der Waals surface area contributed by atoms with Gasteiger partial charge in [-0.1, -0.05) is 18.2 Å². The molecule has 1 amide bonds. The summed E-state index contributed by atoms with van der Waals surface area (Å²) in [6.45, 7) is 3.46. The number of hydrogen-bond acceptors (Lipinski definition) is 6. The van der Waals surface area contributed by atoms with Crippen LogP contribution in [-0.4, -0.2) is 21.4 Å². The molecule has 2 aromatic rings. The number of amides is 1. The second-order valence-electron chi connectivity index (χ2n) is 5.75. The molecule has 140 valence electrons. The summed E-state index contributed by atoms with van der Waals surface area (Å²) in [5.41, 5.74) is 6.63. The number of carbonyl (C=O) groups is 1. The molecular weight excluding hydrogens is 368 g/mol. The average Bonchev–Trinajstić information content (AvgIpc) is 2.62. The maximum absolute atomic E-state index is 12.6. The molecule has 0 spiro atoms. The van der Waals surface area contributed by atoms with Crippen molar-refractivity contribution in [2.45, 2.75) is 18.7 Å². The Hall–Kier alpha value is -3.31. The highest BCUT2D eigenvalue weighted by Crippen LogP contribution is 2.32. The highest BCUT2D eigenvalue weighted by Gasteiger charge is 2.21. The van der Waals surface area contributed by atoms with Crippen LogP contribution in [0.2, 0.25) is 0 Å². The van der Waals surface area contributed by atoms with Gasteiger partial charge in [0.1, 0.15) is 16.5 Å². The number of nitrogens with zero attached hydrogens (tertiary/aromatic N) is 1. The third-order valence-corrected chi connectivity index (χ3v) is 5.07. The lowest BCUT2D eigenvalue weighted by Crippen LogP contribution is -2.13. The van der Waals surface area contributed by atoms with Gasteiger partial charge in [0.15, 0.2) is 11.5 Å². The van der Waals surface area contributed by atoms with Crippen LogP contribution in [0, 0.1) is 25.2 Å². The molecule has 0 aromatic heterocycles. The van der Waals surface area contributed by atoms with Crippen molar-refractivity contribution in [3.8, 4) is 17.6 Å². The number of ether oxygens (including phenoxy) is 1. The SMILES string of the molecule is COc1cc(/C=C(\C#N)C(N)=O)ccc1OS(=O)(=O)c1cc(C)ccc1C. The van der Waals surface area contributed by atoms with E-state index in [1.165, 1.54) is 37.5 Å². The number of methoxy groups -OCH3 is 1. The Bertz CT molecular complexity index is 1070. The summed E-state index contributed by atoms with van der Waals surface area (Å²) in [6.07, 6.45) is 1.27. The lowest BCUT2D eigenvalue weighted by molar-refractivity contribution is -0.114. The summed E-state index contributed by atoms with van der Waals surface area (Å²) in [5.74, 6) is -0.762. The molecule has 0 heterocycles. The second kappa shape index (κ2) is 7.93. The maximum Gasteiger partial charge on any atom is 0.339 e. The first-order chi connectivity index (χ1) is 12.7. The molecule has 0 saturated carbocycles. The van der Waals surface area contributed by atoms with Crippen LogP contribution in [0.1, 0.15) is 16.7 Å². The van der Waals surface area contributed by atoms with Gasteiger partial charge in [-0.15, -0.1) is 0 Å². The molecule has 0 aliphatic heterocycles. The number of benzene rings is 2. The number of aryl methyl sites for hydroxylation is 2. The van der Waals surface area contributed by atoms with Gasteiger partial charge >= 0.3 is 10.1 Å². The van der Waals surface area contributed by atoms with Crippen molar-refractivity contribution in [1.82, 2.24) is 0 Å². The van der Waals surface area contributed by atoms with Gasteiger partial charge in [0.25, 0.3) is 5.91 Å². The van der Waals surface area contributed by atoms with Gasteiger partial charge in [0.2, 0.25) is 0 Å². The Kier molecular flexibility index (Phi) is 5.88. The fraction of sp³-hybridized carbons (Fsp3) is 0.158. The minimum Gasteiger partial charge on any atom is -0.493 e. The van der Waals surface area contributed by atoms with Crippen LogP contribution in [0.15, 0.2) is 46.9 Å². The number of rotatable bonds is 6. The maximum atomic E-state index is 12.6. The molecule has 0 unspecified atom stereocenters. The Morgan fingerprint density at radius 1 is 1.15 bits per heavy atom. The van der Waals surface area contributed by atoms with E-state index in [9.17, 15) is 13.2 Å². The van der Waals surface area contributed by atoms with E-state index in [4.69, 9.17) is 19.9 Å². The van der Waals surface area contributed by atoms with E-state index >= 15 is 0 Å². The average molecular weight is 386 g/mol. The molecule has 7 nitrogen and oxygen atoms in total. The third kappa shape index (κ3) is 4.65. The standard InChI is InChI=1S/C19H18N2O5S/c1-12-4-5-13(2)18(8-12)27(23,24)26-16-7-6-14(10-17(16)25-3)9-15(11-20)19(21)22/h4-10H,1-3H3,(H2,21,22)/b15-9+. The molecule has 0 radical (unpaired) electrons. The van der Waals surface area contributed by atoms with E-state index in [1.807, 2.05) is 6.07 Å². The minimum absolute atomic E-state index is 0.0202. The van der Waals surface area contributed by atoms with Crippen LogP contribution in [0.4, 0.5) is 0 Å². The molecular formula is C19H18N2O5S. The molecule has 0 fully saturated rings. The first kappa shape index (κ1) is 20.0. The van der Waals surface area contributed by atoms with Crippen LogP contribution in [-0.2, 0) is 14.9 Å². The van der Waals surface area contributed by atoms with E-state index in [1.54, 1.807) is 26.0 Å². The largest absolute Gasteiger partial charge is 0.493 e. The van der Waals surface area contributed by atoms with Gasteiger partial charge in [0.05, 0.1) is 7.11 Å². The Balaban J connectivity index is 2.44. The monoisotopic (exact) mass is 386 g/mol. The number of carbonyl (C=O) groups excluding carboxylic acids is 1. The first-order valence-corrected chi connectivity index (χ1v) is 9.20. The molecule has 27 heavy (non-hydrogen) atoms. The summed E-state index contributed by atoms with van der Waals surface area (Å²) in [4.78, 5) is 11.2. The molecule has 2 aromatic carbocycles. The highest BCUT2D eigenvalue weighted by atomic mass is 32.2. The van der Waals surface area contributed by atoms with Crippen molar-refractivity contribution >= 4 is 22.1 Å². The van der Waals surface area contributed by atoms with Crippen LogP contribution < -0.4 is 14.7 Å². The van der Waals surface area contributed by atoms with Crippen LogP contribution >= 0.6 is 0 Å². The smallest absolute Gasteiger partial charge is 0.339 e. The van der Waals surface area contributed by atoms with Crippen molar-refractivity contribution in [3.05, 3.63) is 58.7 Å². The first-order valence-electron chi connectivity index (χ1n) is 7.79. The quantitative estimate of drug-likeness (QED) is 0.463.